The van der Waals surface area contributed by atoms with Gasteiger partial charge in [-0.3, -0.25) is 4.79 Å². The second-order valence-electron chi connectivity index (χ2n) is 7.84. The summed E-state index contributed by atoms with van der Waals surface area (Å²) in [5, 5.41) is 7.11. The van der Waals surface area contributed by atoms with E-state index >= 15 is 0 Å². The Balaban J connectivity index is 1.44. The van der Waals surface area contributed by atoms with Gasteiger partial charge in [0.25, 0.3) is 5.91 Å². The van der Waals surface area contributed by atoms with Crippen LogP contribution < -0.4 is 5.32 Å². The number of aromatic nitrogens is 3. The number of hydrogen-bond acceptors (Lipinski definition) is 4. The molecule has 0 bridgehead atoms. The molecule has 1 N–H and O–H groups in total. The van der Waals surface area contributed by atoms with Crippen LogP contribution in [0.4, 0.5) is 4.39 Å². The molecule has 6 nitrogen and oxygen atoms in total. The Kier molecular flexibility index (Phi) is 4.86. The zero-order valence-corrected chi connectivity index (χ0v) is 17.0. The van der Waals surface area contributed by atoms with Gasteiger partial charge in [0, 0.05) is 29.6 Å². The van der Waals surface area contributed by atoms with Gasteiger partial charge in [0.1, 0.15) is 17.3 Å². The average molecular weight is 416 g/mol. The highest BCUT2D eigenvalue weighted by Gasteiger charge is 2.22. The molecule has 2 heterocycles. The molecule has 0 saturated heterocycles. The van der Waals surface area contributed by atoms with E-state index in [0.29, 0.717) is 39.8 Å². The van der Waals surface area contributed by atoms with E-state index in [4.69, 9.17) is 4.52 Å². The van der Waals surface area contributed by atoms with E-state index in [1.54, 1.807) is 31.5 Å². The third-order valence-electron chi connectivity index (χ3n) is 5.45. The van der Waals surface area contributed by atoms with Crippen molar-refractivity contribution in [1.29, 1.82) is 0 Å². The zero-order chi connectivity index (χ0) is 21.4. The van der Waals surface area contributed by atoms with Gasteiger partial charge in [-0.1, -0.05) is 23.4 Å². The Morgan fingerprint density at radius 1 is 1.23 bits per heavy atom. The van der Waals surface area contributed by atoms with Crippen LogP contribution in [0.2, 0.25) is 0 Å². The van der Waals surface area contributed by atoms with E-state index in [1.165, 1.54) is 25.0 Å². The first kappa shape index (κ1) is 19.2. The molecule has 0 spiro atoms. The van der Waals surface area contributed by atoms with Crippen molar-refractivity contribution in [3.63, 3.8) is 0 Å². The number of carbonyl (C=O) groups excluding carboxylic acids is 1. The lowest BCUT2D eigenvalue weighted by atomic mass is 10.0. The molecule has 2 aromatic heterocycles. The standard InChI is InChI=1S/C24H21FN4O2/c1-15-22(23(28-31-15)17-4-2-6-19(25)10-17)21-13-29(14-27-21)20-7-3-5-18(11-20)24(30)26-12-16-8-9-16/h2-7,10-11,13-14,16H,8-9,12H2,1H3,(H,26,30). The molecule has 156 valence electrons. The number of benzene rings is 2. The molecule has 0 unspecified atom stereocenters. The van der Waals surface area contributed by atoms with Crippen molar-refractivity contribution in [2.45, 2.75) is 19.8 Å². The summed E-state index contributed by atoms with van der Waals surface area (Å²) in [5.41, 5.74) is 3.95. The minimum Gasteiger partial charge on any atom is -0.360 e. The summed E-state index contributed by atoms with van der Waals surface area (Å²) in [6.45, 7) is 2.53. The van der Waals surface area contributed by atoms with Crippen LogP contribution in [0.3, 0.4) is 0 Å². The highest BCUT2D eigenvalue weighted by Crippen LogP contribution is 2.34. The predicted octanol–water partition coefficient (Wildman–Crippen LogP) is 4.78. The molecule has 7 heteroatoms. The van der Waals surface area contributed by atoms with Crippen molar-refractivity contribution in [3.8, 4) is 28.2 Å². The van der Waals surface area contributed by atoms with Gasteiger partial charge >= 0.3 is 0 Å². The average Bonchev–Trinajstić information content (AvgIpc) is 3.34. The summed E-state index contributed by atoms with van der Waals surface area (Å²) in [5.74, 6) is 0.809. The van der Waals surface area contributed by atoms with Gasteiger partial charge in [0.2, 0.25) is 0 Å². The number of halogens is 1. The predicted molar refractivity (Wildman–Crippen MR) is 114 cm³/mol. The van der Waals surface area contributed by atoms with Crippen LogP contribution in [0.25, 0.3) is 28.2 Å². The summed E-state index contributed by atoms with van der Waals surface area (Å²) < 4.78 is 20.9. The van der Waals surface area contributed by atoms with Crippen LogP contribution >= 0.6 is 0 Å². The summed E-state index contributed by atoms with van der Waals surface area (Å²) >= 11 is 0. The first-order valence-electron chi connectivity index (χ1n) is 10.2. The highest BCUT2D eigenvalue weighted by molar-refractivity contribution is 5.94. The minimum atomic E-state index is -0.341. The SMILES string of the molecule is Cc1onc(-c2cccc(F)c2)c1-c1cn(-c2cccc(C(=O)NCC3CC3)c2)cn1. The lowest BCUT2D eigenvalue weighted by Crippen LogP contribution is -2.25. The van der Waals surface area contributed by atoms with Crippen LogP contribution in [-0.4, -0.2) is 27.2 Å². The Labute approximate surface area is 178 Å². The quantitative estimate of drug-likeness (QED) is 0.491. The Morgan fingerprint density at radius 3 is 2.87 bits per heavy atom. The fourth-order valence-corrected chi connectivity index (χ4v) is 3.57. The number of imidazole rings is 1. The van der Waals surface area contributed by atoms with E-state index in [9.17, 15) is 9.18 Å². The number of nitrogens with zero attached hydrogens (tertiary/aromatic N) is 3. The van der Waals surface area contributed by atoms with Crippen molar-refractivity contribution in [2.24, 2.45) is 5.92 Å². The number of nitrogens with one attached hydrogen (secondary N) is 1. The Morgan fingerprint density at radius 2 is 2.06 bits per heavy atom. The summed E-state index contributed by atoms with van der Waals surface area (Å²) in [7, 11) is 0. The van der Waals surface area contributed by atoms with Crippen molar-refractivity contribution in [3.05, 3.63) is 78.2 Å². The lowest BCUT2D eigenvalue weighted by Gasteiger charge is -2.07. The smallest absolute Gasteiger partial charge is 0.251 e. The molecule has 31 heavy (non-hydrogen) atoms. The molecule has 2 aromatic carbocycles. The van der Waals surface area contributed by atoms with Gasteiger partial charge in [0.05, 0.1) is 17.6 Å². The largest absolute Gasteiger partial charge is 0.360 e. The molecular formula is C24H21FN4O2. The summed E-state index contributed by atoms with van der Waals surface area (Å²) in [6, 6.07) is 13.6. The molecule has 1 fully saturated rings. The van der Waals surface area contributed by atoms with Gasteiger partial charge in [-0.25, -0.2) is 9.37 Å². The van der Waals surface area contributed by atoms with Crippen LogP contribution in [0.1, 0.15) is 29.0 Å². The van der Waals surface area contributed by atoms with Crippen LogP contribution in [-0.2, 0) is 0 Å². The summed E-state index contributed by atoms with van der Waals surface area (Å²) in [6.07, 6.45) is 5.91. The van der Waals surface area contributed by atoms with Gasteiger partial charge in [0.15, 0.2) is 0 Å². The van der Waals surface area contributed by atoms with Crippen molar-refractivity contribution in [1.82, 2.24) is 20.0 Å². The van der Waals surface area contributed by atoms with Crippen molar-refractivity contribution >= 4 is 5.91 Å². The topological polar surface area (TPSA) is 73.0 Å². The van der Waals surface area contributed by atoms with Crippen LogP contribution in [0.15, 0.2) is 65.6 Å². The molecule has 0 radical (unpaired) electrons. The number of aryl methyl sites for hydroxylation is 1. The third kappa shape index (κ3) is 3.99. The van der Waals surface area contributed by atoms with E-state index in [0.717, 1.165) is 12.2 Å². The monoisotopic (exact) mass is 416 g/mol. The fraction of sp³-hybridized carbons (Fsp3) is 0.208. The molecule has 1 aliphatic carbocycles. The molecule has 0 aliphatic heterocycles. The minimum absolute atomic E-state index is 0.0719. The van der Waals surface area contributed by atoms with E-state index in [2.05, 4.69) is 15.5 Å². The van der Waals surface area contributed by atoms with E-state index < -0.39 is 0 Å². The lowest BCUT2D eigenvalue weighted by molar-refractivity contribution is 0.0951. The number of rotatable bonds is 6. The molecule has 1 amide bonds. The van der Waals surface area contributed by atoms with Crippen LogP contribution in [0.5, 0.6) is 0 Å². The van der Waals surface area contributed by atoms with Gasteiger partial charge < -0.3 is 14.4 Å². The molecular weight excluding hydrogens is 395 g/mol. The third-order valence-corrected chi connectivity index (χ3v) is 5.45. The molecule has 4 aromatic rings. The number of hydrogen-bond donors (Lipinski definition) is 1. The van der Waals surface area contributed by atoms with Gasteiger partial charge in [-0.05, 0) is 56.0 Å². The van der Waals surface area contributed by atoms with E-state index in [1.807, 2.05) is 29.0 Å². The number of amides is 1. The van der Waals surface area contributed by atoms with Gasteiger partial charge in [-0.2, -0.15) is 0 Å². The first-order valence-corrected chi connectivity index (χ1v) is 10.2. The zero-order valence-electron chi connectivity index (χ0n) is 17.0. The Bertz CT molecular complexity index is 1260. The molecule has 0 atom stereocenters. The first-order chi connectivity index (χ1) is 15.1. The maximum Gasteiger partial charge on any atom is 0.251 e. The van der Waals surface area contributed by atoms with Crippen LogP contribution in [0, 0.1) is 18.7 Å². The van der Waals surface area contributed by atoms with Crippen molar-refractivity contribution in [2.75, 3.05) is 6.54 Å². The van der Waals surface area contributed by atoms with Gasteiger partial charge in [-0.15, -0.1) is 0 Å². The van der Waals surface area contributed by atoms with E-state index in [-0.39, 0.29) is 11.7 Å². The molecule has 5 rings (SSSR count). The Hall–Kier alpha value is -3.74. The molecule has 1 saturated carbocycles. The van der Waals surface area contributed by atoms with Crippen molar-refractivity contribution < 1.29 is 13.7 Å². The second-order valence-corrected chi connectivity index (χ2v) is 7.84. The maximum atomic E-state index is 13.7. The molecule has 1 aliphatic rings. The highest BCUT2D eigenvalue weighted by atomic mass is 19.1. The summed E-state index contributed by atoms with van der Waals surface area (Å²) in [4.78, 5) is 17.0. The number of carbonyl (C=O) groups is 1. The maximum absolute atomic E-state index is 13.7. The normalized spacial score (nSPS) is 13.4. The second kappa shape index (κ2) is 7.83. The fourth-order valence-electron chi connectivity index (χ4n) is 3.57.